The molecule has 0 radical (unpaired) electrons. The van der Waals surface area contributed by atoms with E-state index in [1.807, 2.05) is 13.8 Å². The lowest BCUT2D eigenvalue weighted by atomic mass is 10.3. The summed E-state index contributed by atoms with van der Waals surface area (Å²) >= 11 is 1.36. The summed E-state index contributed by atoms with van der Waals surface area (Å²) in [5, 5.41) is 7.67. The second kappa shape index (κ2) is 7.37. The van der Waals surface area contributed by atoms with Crippen LogP contribution in [0, 0.1) is 0 Å². The van der Waals surface area contributed by atoms with Crippen LogP contribution in [0.5, 0.6) is 0 Å². The summed E-state index contributed by atoms with van der Waals surface area (Å²) in [4.78, 5) is 28.7. The number of nitrogens with zero attached hydrogens (tertiary/aromatic N) is 2. The van der Waals surface area contributed by atoms with Crippen molar-refractivity contribution < 1.29 is 4.79 Å². The van der Waals surface area contributed by atoms with E-state index in [2.05, 4.69) is 15.6 Å². The van der Waals surface area contributed by atoms with E-state index in [0.717, 1.165) is 6.54 Å². The maximum absolute atomic E-state index is 12.1. The lowest BCUT2D eigenvalue weighted by Crippen LogP contribution is -2.40. The highest BCUT2D eigenvalue weighted by Gasteiger charge is 2.14. The summed E-state index contributed by atoms with van der Waals surface area (Å²) in [5.74, 6) is -0.386. The topological polar surface area (TPSA) is 75.5 Å². The predicted molar refractivity (Wildman–Crippen MR) is 82.1 cm³/mol. The van der Waals surface area contributed by atoms with Gasteiger partial charge in [-0.2, -0.15) is 0 Å². The Labute approximate surface area is 126 Å². The largest absolute Gasteiger partial charge is 0.350 e. The first-order chi connectivity index (χ1) is 9.13. The molecule has 1 amide bonds. The van der Waals surface area contributed by atoms with Crippen LogP contribution >= 0.6 is 23.7 Å². The fourth-order valence-corrected chi connectivity index (χ4v) is 2.42. The van der Waals surface area contributed by atoms with Crippen molar-refractivity contribution in [3.8, 4) is 0 Å². The first-order valence-corrected chi connectivity index (χ1v) is 6.98. The molecule has 2 aromatic heterocycles. The van der Waals surface area contributed by atoms with E-state index < -0.39 is 0 Å². The molecule has 0 unspecified atom stereocenters. The summed E-state index contributed by atoms with van der Waals surface area (Å²) < 4.78 is 1.38. The summed E-state index contributed by atoms with van der Waals surface area (Å²) in [6, 6.07) is 0.162. The van der Waals surface area contributed by atoms with Crippen LogP contribution in [0.1, 0.15) is 24.2 Å². The zero-order chi connectivity index (χ0) is 13.8. The minimum Gasteiger partial charge on any atom is -0.350 e. The van der Waals surface area contributed by atoms with Crippen molar-refractivity contribution in [2.75, 3.05) is 13.1 Å². The molecule has 2 rings (SSSR count). The molecule has 0 aliphatic carbocycles. The zero-order valence-electron chi connectivity index (χ0n) is 11.3. The average Bonchev–Trinajstić information content (AvgIpc) is 2.86. The van der Waals surface area contributed by atoms with E-state index in [4.69, 9.17) is 0 Å². The minimum atomic E-state index is -0.386. The quantitative estimate of drug-likeness (QED) is 0.859. The first kappa shape index (κ1) is 16.6. The molecule has 0 saturated carbocycles. The number of fused-ring (bicyclic) bond motifs is 1. The molecular weight excluding hydrogens is 300 g/mol. The van der Waals surface area contributed by atoms with Crippen molar-refractivity contribution in [1.82, 2.24) is 20.0 Å². The highest BCUT2D eigenvalue weighted by Crippen LogP contribution is 2.05. The maximum Gasteiger partial charge on any atom is 0.271 e. The number of thiazole rings is 1. The third-order valence-electron chi connectivity index (χ3n) is 2.71. The Bertz CT molecular complexity index is 640. The van der Waals surface area contributed by atoms with E-state index >= 15 is 0 Å². The van der Waals surface area contributed by atoms with E-state index in [-0.39, 0.29) is 35.5 Å². The number of halogens is 1. The summed E-state index contributed by atoms with van der Waals surface area (Å²) in [6.45, 7) is 5.27. The number of aromatic nitrogens is 2. The second-order valence-corrected chi connectivity index (χ2v) is 5.07. The molecule has 0 fully saturated rings. The molecule has 2 aromatic rings. The average molecular weight is 317 g/mol. The molecule has 0 aliphatic rings. The smallest absolute Gasteiger partial charge is 0.271 e. The van der Waals surface area contributed by atoms with Crippen molar-refractivity contribution >= 4 is 34.6 Å². The Morgan fingerprint density at radius 2 is 2.30 bits per heavy atom. The Kier molecular flexibility index (Phi) is 6.12. The number of carbonyl (C=O) groups is 1. The summed E-state index contributed by atoms with van der Waals surface area (Å²) in [6.07, 6.45) is 2.95. The van der Waals surface area contributed by atoms with Crippen LogP contribution in [0.2, 0.25) is 0 Å². The summed E-state index contributed by atoms with van der Waals surface area (Å²) in [5.41, 5.74) is -0.264. The van der Waals surface area contributed by atoms with Crippen LogP contribution < -0.4 is 16.2 Å². The van der Waals surface area contributed by atoms with E-state index in [0.29, 0.717) is 11.5 Å². The highest BCUT2D eigenvalue weighted by atomic mass is 35.5. The van der Waals surface area contributed by atoms with Gasteiger partial charge in [-0.1, -0.05) is 6.92 Å². The van der Waals surface area contributed by atoms with Crippen molar-refractivity contribution in [3.05, 3.63) is 33.7 Å². The van der Waals surface area contributed by atoms with E-state index in [1.54, 1.807) is 11.6 Å². The van der Waals surface area contributed by atoms with Crippen LogP contribution in [-0.2, 0) is 0 Å². The van der Waals surface area contributed by atoms with Gasteiger partial charge in [-0.05, 0) is 13.5 Å². The first-order valence-electron chi connectivity index (χ1n) is 6.10. The molecule has 0 saturated heterocycles. The Morgan fingerprint density at radius 3 is 3.00 bits per heavy atom. The van der Waals surface area contributed by atoms with Gasteiger partial charge in [0, 0.05) is 30.4 Å². The normalized spacial score (nSPS) is 11.9. The van der Waals surface area contributed by atoms with Gasteiger partial charge in [0.2, 0.25) is 0 Å². The molecule has 8 heteroatoms. The van der Waals surface area contributed by atoms with E-state index in [1.165, 1.54) is 21.9 Å². The van der Waals surface area contributed by atoms with E-state index in [9.17, 15) is 9.59 Å². The number of rotatable bonds is 5. The minimum absolute atomic E-state index is 0. The number of hydrogen-bond donors (Lipinski definition) is 2. The SMILES string of the molecule is CCN[C@H](C)CNC(=O)c1cnc2sccn2c1=O.Cl. The molecule has 0 bridgehead atoms. The molecule has 0 aliphatic heterocycles. The zero-order valence-corrected chi connectivity index (χ0v) is 12.9. The molecule has 2 heterocycles. The van der Waals surface area contributed by atoms with Crippen LogP contribution in [0.4, 0.5) is 0 Å². The van der Waals surface area contributed by atoms with Gasteiger partial charge >= 0.3 is 0 Å². The number of likely N-dealkylation sites (N-methyl/N-ethyl adjacent to an activating group) is 1. The molecule has 0 spiro atoms. The molecule has 1 atom stereocenters. The van der Waals surface area contributed by atoms with Crippen molar-refractivity contribution in [1.29, 1.82) is 0 Å². The number of amides is 1. The van der Waals surface area contributed by atoms with Crippen LogP contribution in [0.3, 0.4) is 0 Å². The van der Waals surface area contributed by atoms with Crippen molar-refractivity contribution in [3.63, 3.8) is 0 Å². The number of carbonyl (C=O) groups excluding carboxylic acids is 1. The predicted octanol–water partition coefficient (Wildman–Crippen LogP) is 0.906. The van der Waals surface area contributed by atoms with Crippen LogP contribution in [0.25, 0.3) is 4.96 Å². The third-order valence-corrected chi connectivity index (χ3v) is 3.48. The monoisotopic (exact) mass is 316 g/mol. The van der Waals surface area contributed by atoms with Crippen LogP contribution in [-0.4, -0.2) is 34.4 Å². The maximum atomic E-state index is 12.1. The van der Waals surface area contributed by atoms with Gasteiger partial charge in [0.1, 0.15) is 5.56 Å². The van der Waals surface area contributed by atoms with Gasteiger partial charge in [0.25, 0.3) is 11.5 Å². The Morgan fingerprint density at radius 1 is 1.55 bits per heavy atom. The summed E-state index contributed by atoms with van der Waals surface area (Å²) in [7, 11) is 0. The number of nitrogens with one attached hydrogen (secondary N) is 2. The molecule has 6 nitrogen and oxygen atoms in total. The van der Waals surface area contributed by atoms with Gasteiger partial charge in [-0.25, -0.2) is 4.98 Å². The van der Waals surface area contributed by atoms with Gasteiger partial charge in [-0.15, -0.1) is 23.7 Å². The van der Waals surface area contributed by atoms with Gasteiger partial charge in [-0.3, -0.25) is 14.0 Å². The van der Waals surface area contributed by atoms with Gasteiger partial charge in [0.15, 0.2) is 4.96 Å². The fraction of sp³-hybridized carbons (Fsp3) is 0.417. The van der Waals surface area contributed by atoms with Crippen LogP contribution in [0.15, 0.2) is 22.6 Å². The highest BCUT2D eigenvalue weighted by molar-refractivity contribution is 7.15. The molecule has 2 N–H and O–H groups in total. The lowest BCUT2D eigenvalue weighted by Gasteiger charge is -2.12. The van der Waals surface area contributed by atoms with Crippen molar-refractivity contribution in [2.45, 2.75) is 19.9 Å². The molecule has 0 aromatic carbocycles. The molecule has 110 valence electrons. The number of hydrogen-bond acceptors (Lipinski definition) is 5. The Hall–Kier alpha value is -1.44. The van der Waals surface area contributed by atoms with Gasteiger partial charge in [0.05, 0.1) is 0 Å². The second-order valence-electron chi connectivity index (χ2n) is 4.20. The molecule has 20 heavy (non-hydrogen) atoms. The lowest BCUT2D eigenvalue weighted by molar-refractivity contribution is 0.0948. The molecular formula is C12H17ClN4O2S. The fourth-order valence-electron chi connectivity index (χ4n) is 1.74. The standard InChI is InChI=1S/C12H16N4O2S.ClH/c1-3-13-8(2)6-14-10(17)9-7-15-12-16(11(9)18)4-5-19-12;/h4-5,7-8,13H,3,6H2,1-2H3,(H,14,17);1H/t8-;/m1./s1. The third kappa shape index (κ3) is 3.56. The van der Waals surface area contributed by atoms with Gasteiger partial charge < -0.3 is 10.6 Å². The Balaban J connectivity index is 0.00000200. The van der Waals surface area contributed by atoms with Crippen molar-refractivity contribution in [2.24, 2.45) is 0 Å².